The van der Waals surface area contributed by atoms with Gasteiger partial charge in [-0.3, -0.25) is 19.2 Å². The van der Waals surface area contributed by atoms with Crippen molar-refractivity contribution in [2.24, 2.45) is 17.8 Å². The van der Waals surface area contributed by atoms with Crippen molar-refractivity contribution in [1.29, 1.82) is 0 Å². The summed E-state index contributed by atoms with van der Waals surface area (Å²) in [5.41, 5.74) is 0. The summed E-state index contributed by atoms with van der Waals surface area (Å²) in [6.07, 6.45) is 0.882. The zero-order valence-electron chi connectivity index (χ0n) is 17.4. The minimum Gasteiger partial charge on any atom is -0.466 e. The van der Waals surface area contributed by atoms with Gasteiger partial charge in [-0.25, -0.2) is 0 Å². The third kappa shape index (κ3) is 6.98. The van der Waals surface area contributed by atoms with Crippen LogP contribution in [0.15, 0.2) is 12.3 Å². The summed E-state index contributed by atoms with van der Waals surface area (Å²) in [6, 6.07) is 0.0126. The number of imide groups is 1. The van der Waals surface area contributed by atoms with E-state index in [2.05, 4.69) is 11.9 Å². The highest BCUT2D eigenvalue weighted by Gasteiger charge is 2.34. The minimum absolute atomic E-state index is 0.0126. The van der Waals surface area contributed by atoms with Crippen molar-refractivity contribution in [2.75, 3.05) is 6.61 Å². The standard InChI is InChI=1S/C20H32N2O6/c1-7-27-20(26)16(11-14(5)19(25)21-12(2)3)10-13(4)15(6)28-22-17(23)8-9-18(22)24/h12-14,16H,6-11H2,1-5H3,(H,21,25). The first-order valence-corrected chi connectivity index (χ1v) is 9.76. The van der Waals surface area contributed by atoms with E-state index in [4.69, 9.17) is 9.57 Å². The second kappa shape index (κ2) is 10.8. The average Bonchev–Trinajstić information content (AvgIpc) is 2.92. The lowest BCUT2D eigenvalue weighted by Gasteiger charge is -2.25. The van der Waals surface area contributed by atoms with Crippen molar-refractivity contribution in [3.8, 4) is 0 Å². The number of carbonyl (C=O) groups excluding carboxylic acids is 4. The number of rotatable bonds is 11. The molecule has 3 unspecified atom stereocenters. The quantitative estimate of drug-likeness (QED) is 0.327. The second-order valence-corrected chi connectivity index (χ2v) is 7.53. The van der Waals surface area contributed by atoms with Crippen LogP contribution in [0.1, 0.15) is 60.3 Å². The molecule has 1 saturated heterocycles. The van der Waals surface area contributed by atoms with E-state index in [9.17, 15) is 19.2 Å². The second-order valence-electron chi connectivity index (χ2n) is 7.53. The minimum atomic E-state index is -0.534. The smallest absolute Gasteiger partial charge is 0.308 e. The fourth-order valence-electron chi connectivity index (χ4n) is 2.93. The van der Waals surface area contributed by atoms with Gasteiger partial charge in [-0.2, -0.15) is 0 Å². The molecule has 1 aliphatic heterocycles. The third-order valence-corrected chi connectivity index (χ3v) is 4.54. The van der Waals surface area contributed by atoms with Crippen molar-refractivity contribution in [1.82, 2.24) is 10.4 Å². The highest BCUT2D eigenvalue weighted by atomic mass is 16.7. The summed E-state index contributed by atoms with van der Waals surface area (Å²) in [5, 5.41) is 3.57. The SMILES string of the molecule is C=C(ON1C(=O)CCC1=O)C(C)CC(CC(C)C(=O)NC(C)C)C(=O)OCC. The van der Waals surface area contributed by atoms with Gasteiger partial charge in [0, 0.05) is 30.7 Å². The Bertz CT molecular complexity index is 600. The molecule has 3 atom stereocenters. The summed E-state index contributed by atoms with van der Waals surface area (Å²) < 4.78 is 5.15. The van der Waals surface area contributed by atoms with Crippen LogP contribution in [0.5, 0.6) is 0 Å². The van der Waals surface area contributed by atoms with Crippen molar-refractivity contribution >= 4 is 23.7 Å². The van der Waals surface area contributed by atoms with Gasteiger partial charge in [0.05, 0.1) is 12.5 Å². The van der Waals surface area contributed by atoms with Gasteiger partial charge in [-0.15, -0.1) is 5.06 Å². The maximum atomic E-state index is 12.4. The van der Waals surface area contributed by atoms with Crippen molar-refractivity contribution in [2.45, 2.75) is 66.3 Å². The molecule has 1 rings (SSSR count). The molecular formula is C20H32N2O6. The lowest BCUT2D eigenvalue weighted by molar-refractivity contribution is -0.179. The van der Waals surface area contributed by atoms with Gasteiger partial charge in [0.25, 0.3) is 11.8 Å². The van der Waals surface area contributed by atoms with Gasteiger partial charge in [-0.05, 0) is 33.6 Å². The van der Waals surface area contributed by atoms with Crippen LogP contribution in [0.2, 0.25) is 0 Å². The van der Waals surface area contributed by atoms with Crippen LogP contribution in [0.4, 0.5) is 0 Å². The molecule has 1 aliphatic rings. The highest BCUT2D eigenvalue weighted by Crippen LogP contribution is 2.27. The maximum Gasteiger partial charge on any atom is 0.308 e. The van der Waals surface area contributed by atoms with E-state index in [-0.39, 0.29) is 55.0 Å². The largest absolute Gasteiger partial charge is 0.466 e. The number of allylic oxidation sites excluding steroid dienone is 1. The van der Waals surface area contributed by atoms with E-state index in [1.165, 1.54) is 0 Å². The lowest BCUT2D eigenvalue weighted by Crippen LogP contribution is -2.36. The predicted octanol–water partition coefficient (Wildman–Crippen LogP) is 2.34. The molecule has 28 heavy (non-hydrogen) atoms. The van der Waals surface area contributed by atoms with Crippen LogP contribution in [0, 0.1) is 17.8 Å². The summed E-state index contributed by atoms with van der Waals surface area (Å²) in [4.78, 5) is 53.3. The Balaban J connectivity index is 2.75. The maximum absolute atomic E-state index is 12.4. The molecule has 1 fully saturated rings. The first-order valence-electron chi connectivity index (χ1n) is 9.76. The molecule has 8 heteroatoms. The van der Waals surface area contributed by atoms with Crippen LogP contribution in [-0.4, -0.2) is 41.4 Å². The number of hydroxylamine groups is 2. The molecule has 0 aromatic carbocycles. The number of amides is 3. The first-order chi connectivity index (χ1) is 13.1. The number of esters is 1. The predicted molar refractivity (Wildman–Crippen MR) is 102 cm³/mol. The summed E-state index contributed by atoms with van der Waals surface area (Å²) in [7, 11) is 0. The number of carbonyl (C=O) groups is 4. The van der Waals surface area contributed by atoms with E-state index >= 15 is 0 Å². The summed E-state index contributed by atoms with van der Waals surface area (Å²) in [5.74, 6) is -2.33. The normalized spacial score (nSPS) is 17.3. The number of nitrogens with zero attached hydrogens (tertiary/aromatic N) is 1. The molecule has 0 saturated carbocycles. The molecule has 0 radical (unpaired) electrons. The molecule has 1 heterocycles. The Morgan fingerprint density at radius 1 is 1.07 bits per heavy atom. The number of hydrogen-bond donors (Lipinski definition) is 1. The number of ether oxygens (including phenoxy) is 1. The van der Waals surface area contributed by atoms with Gasteiger partial charge in [0.15, 0.2) is 0 Å². The van der Waals surface area contributed by atoms with Crippen LogP contribution >= 0.6 is 0 Å². The van der Waals surface area contributed by atoms with Gasteiger partial charge in [0.1, 0.15) is 5.76 Å². The van der Waals surface area contributed by atoms with Crippen LogP contribution < -0.4 is 5.32 Å². The molecule has 3 amide bonds. The van der Waals surface area contributed by atoms with Crippen LogP contribution in [-0.2, 0) is 28.8 Å². The van der Waals surface area contributed by atoms with E-state index in [1.54, 1.807) is 20.8 Å². The Morgan fingerprint density at radius 2 is 1.61 bits per heavy atom. The van der Waals surface area contributed by atoms with Gasteiger partial charge in [0.2, 0.25) is 5.91 Å². The molecule has 0 aliphatic carbocycles. The Morgan fingerprint density at radius 3 is 2.11 bits per heavy atom. The Labute approximate surface area is 166 Å². The van der Waals surface area contributed by atoms with Crippen molar-refractivity contribution in [3.63, 3.8) is 0 Å². The lowest BCUT2D eigenvalue weighted by atomic mass is 9.87. The molecule has 0 aromatic rings. The fourth-order valence-corrected chi connectivity index (χ4v) is 2.93. The summed E-state index contributed by atoms with van der Waals surface area (Å²) >= 11 is 0. The van der Waals surface area contributed by atoms with Crippen molar-refractivity contribution < 1.29 is 28.8 Å². The topological polar surface area (TPSA) is 102 Å². The highest BCUT2D eigenvalue weighted by molar-refractivity contribution is 6.00. The van der Waals surface area contributed by atoms with Gasteiger partial charge in [-0.1, -0.05) is 20.4 Å². The molecular weight excluding hydrogens is 364 g/mol. The molecule has 158 valence electrons. The molecule has 0 aromatic heterocycles. The van der Waals surface area contributed by atoms with E-state index in [0.29, 0.717) is 12.8 Å². The van der Waals surface area contributed by atoms with Gasteiger partial charge >= 0.3 is 5.97 Å². The zero-order valence-corrected chi connectivity index (χ0v) is 17.4. The van der Waals surface area contributed by atoms with Crippen LogP contribution in [0.3, 0.4) is 0 Å². The number of hydrogen-bond acceptors (Lipinski definition) is 6. The Hall–Kier alpha value is -2.38. The zero-order chi connectivity index (χ0) is 21.4. The number of nitrogens with one attached hydrogen (secondary N) is 1. The Kier molecular flexibility index (Phi) is 9.15. The van der Waals surface area contributed by atoms with Gasteiger partial charge < -0.3 is 14.9 Å². The first kappa shape index (κ1) is 23.7. The molecule has 8 nitrogen and oxygen atoms in total. The molecule has 1 N–H and O–H groups in total. The fraction of sp³-hybridized carbons (Fsp3) is 0.700. The van der Waals surface area contributed by atoms with E-state index in [0.717, 1.165) is 5.06 Å². The van der Waals surface area contributed by atoms with Crippen LogP contribution in [0.25, 0.3) is 0 Å². The average molecular weight is 396 g/mol. The molecule has 0 bridgehead atoms. The van der Waals surface area contributed by atoms with E-state index in [1.807, 2.05) is 13.8 Å². The monoisotopic (exact) mass is 396 g/mol. The molecule has 0 spiro atoms. The third-order valence-electron chi connectivity index (χ3n) is 4.54. The summed E-state index contributed by atoms with van der Waals surface area (Å²) in [6.45, 7) is 13.1. The van der Waals surface area contributed by atoms with Crippen molar-refractivity contribution in [3.05, 3.63) is 12.3 Å². The van der Waals surface area contributed by atoms with E-state index < -0.39 is 17.7 Å².